The molecule has 0 radical (unpaired) electrons. The van der Waals surface area contributed by atoms with E-state index in [1.165, 1.54) is 12.2 Å². The predicted octanol–water partition coefficient (Wildman–Crippen LogP) is 2.93. The molecule has 0 aromatic heterocycles. The number of fused-ring (bicyclic) bond motifs is 2. The van der Waals surface area contributed by atoms with Gasteiger partial charge in [0.1, 0.15) is 24.7 Å². The van der Waals surface area contributed by atoms with E-state index in [-0.39, 0.29) is 30.3 Å². The summed E-state index contributed by atoms with van der Waals surface area (Å²) >= 11 is 0. The molecule has 0 saturated heterocycles. The number of primary amides is 1. The third-order valence-electron chi connectivity index (χ3n) is 3.99. The van der Waals surface area contributed by atoms with E-state index in [9.17, 15) is 22.4 Å². The van der Waals surface area contributed by atoms with Crippen LogP contribution < -0.4 is 15.2 Å². The molecule has 0 fully saturated rings. The minimum atomic E-state index is -4.67. The van der Waals surface area contributed by atoms with E-state index in [4.69, 9.17) is 47.9 Å². The maximum Gasteiger partial charge on any atom is 0.394 e. The van der Waals surface area contributed by atoms with Crippen molar-refractivity contribution in [3.05, 3.63) is 69.8 Å². The molecule has 1 amide bonds. The number of nitrogens with two attached hydrogens (primary N) is 1. The van der Waals surface area contributed by atoms with E-state index < -0.39 is 45.5 Å². The maximum atomic E-state index is 12.9. The SMILES string of the molecule is CC(=O)O.N#CC1=Cc2cc(F)c(F)cc2OC1.NC(=O)C1=Cc2cc(F)c(F)cc2OC1.O=S(=O)(O)O. The van der Waals surface area contributed by atoms with Crippen molar-refractivity contribution in [2.24, 2.45) is 5.73 Å². The Morgan fingerprint density at radius 2 is 1.26 bits per heavy atom. The normalized spacial score (nSPS) is 12.7. The summed E-state index contributed by atoms with van der Waals surface area (Å²) in [6.07, 6.45) is 2.88. The Morgan fingerprint density at radius 1 is 0.895 bits per heavy atom. The van der Waals surface area contributed by atoms with Crippen molar-refractivity contribution in [2.45, 2.75) is 6.92 Å². The van der Waals surface area contributed by atoms with E-state index in [2.05, 4.69) is 0 Å². The number of aliphatic carboxylic acids is 1. The van der Waals surface area contributed by atoms with Crippen molar-refractivity contribution in [3.63, 3.8) is 0 Å². The Morgan fingerprint density at radius 3 is 1.66 bits per heavy atom. The predicted molar refractivity (Wildman–Crippen MR) is 122 cm³/mol. The molecule has 0 aliphatic carbocycles. The van der Waals surface area contributed by atoms with Crippen molar-refractivity contribution in [3.8, 4) is 17.6 Å². The highest BCUT2D eigenvalue weighted by Crippen LogP contribution is 2.29. The van der Waals surface area contributed by atoms with Crippen LogP contribution in [0.15, 0.2) is 35.4 Å². The van der Waals surface area contributed by atoms with Crippen LogP contribution in [0, 0.1) is 34.6 Å². The molecule has 0 saturated carbocycles. The molecule has 11 nitrogen and oxygen atoms in total. The van der Waals surface area contributed by atoms with Crippen molar-refractivity contribution >= 4 is 34.4 Å². The second kappa shape index (κ2) is 13.7. The second-order valence-electron chi connectivity index (χ2n) is 6.97. The minimum Gasteiger partial charge on any atom is -0.488 e. The molecule has 2 aliphatic rings. The van der Waals surface area contributed by atoms with Crippen LogP contribution in [0.3, 0.4) is 0 Å². The van der Waals surface area contributed by atoms with Crippen molar-refractivity contribution in [2.75, 3.05) is 13.2 Å². The van der Waals surface area contributed by atoms with Crippen LogP contribution in [-0.4, -0.2) is 47.7 Å². The van der Waals surface area contributed by atoms with Crippen LogP contribution in [0.5, 0.6) is 11.5 Å². The molecule has 2 aromatic rings. The lowest BCUT2D eigenvalue weighted by molar-refractivity contribution is -0.134. The molecular weight excluding hydrogens is 544 g/mol. The number of halogens is 4. The minimum absolute atomic E-state index is 0.0204. The van der Waals surface area contributed by atoms with Gasteiger partial charge in [0.05, 0.1) is 17.2 Å². The molecule has 2 aliphatic heterocycles. The molecule has 2 heterocycles. The van der Waals surface area contributed by atoms with Crippen LogP contribution in [0.1, 0.15) is 18.1 Å². The van der Waals surface area contributed by atoms with Gasteiger partial charge >= 0.3 is 10.4 Å². The van der Waals surface area contributed by atoms with E-state index in [0.717, 1.165) is 31.2 Å². The molecule has 16 heteroatoms. The fourth-order valence-electron chi connectivity index (χ4n) is 2.54. The summed E-state index contributed by atoms with van der Waals surface area (Å²) < 4.78 is 92.9. The average molecular weight is 562 g/mol. The van der Waals surface area contributed by atoms with Gasteiger partial charge in [-0.1, -0.05) is 0 Å². The van der Waals surface area contributed by atoms with Gasteiger partial charge in [-0.2, -0.15) is 13.7 Å². The van der Waals surface area contributed by atoms with E-state index in [1.54, 1.807) is 0 Å². The number of nitrogens with zero attached hydrogens (tertiary/aromatic N) is 1. The fourth-order valence-corrected chi connectivity index (χ4v) is 2.54. The number of carbonyl (C=O) groups excluding carboxylic acids is 1. The first-order valence-corrected chi connectivity index (χ1v) is 11.2. The quantitative estimate of drug-likeness (QED) is 0.296. The summed E-state index contributed by atoms with van der Waals surface area (Å²) in [6, 6.07) is 5.80. The van der Waals surface area contributed by atoms with Gasteiger partial charge in [0.25, 0.3) is 5.97 Å². The lowest BCUT2D eigenvalue weighted by atomic mass is 10.1. The number of amides is 1. The van der Waals surface area contributed by atoms with Gasteiger partial charge in [-0.25, -0.2) is 17.6 Å². The summed E-state index contributed by atoms with van der Waals surface area (Å²) in [7, 11) is -4.67. The number of nitriles is 1. The van der Waals surface area contributed by atoms with Gasteiger partial charge in [-0.05, 0) is 24.3 Å². The first-order chi connectivity index (χ1) is 17.5. The van der Waals surface area contributed by atoms with Gasteiger partial charge in [-0.15, -0.1) is 0 Å². The lowest BCUT2D eigenvalue weighted by Gasteiger charge is -2.16. The lowest BCUT2D eigenvalue weighted by Crippen LogP contribution is -2.21. The number of carbonyl (C=O) groups is 2. The molecule has 0 bridgehead atoms. The largest absolute Gasteiger partial charge is 0.488 e. The van der Waals surface area contributed by atoms with E-state index in [1.807, 2.05) is 6.07 Å². The van der Waals surface area contributed by atoms with Crippen molar-refractivity contribution in [1.82, 2.24) is 0 Å². The zero-order valence-electron chi connectivity index (χ0n) is 19.1. The first kappa shape index (κ1) is 31.6. The van der Waals surface area contributed by atoms with Gasteiger partial charge in [0, 0.05) is 30.2 Å². The van der Waals surface area contributed by atoms with Crippen molar-refractivity contribution in [1.29, 1.82) is 5.26 Å². The molecule has 0 unspecified atom stereocenters. The Kier molecular flexibility index (Phi) is 11.4. The van der Waals surface area contributed by atoms with Crippen LogP contribution in [0.25, 0.3) is 12.2 Å². The van der Waals surface area contributed by atoms with Crippen LogP contribution >= 0.6 is 0 Å². The standard InChI is InChI=1S/C10H7F2NO2.C10H5F2NO.C2H4O2.H2O4S/c11-7-2-5-1-6(10(13)14)4-15-9(5)3-8(7)12;11-8-2-7-1-6(4-13)5-14-10(7)3-9(8)12;1-2(3)4;1-5(2,3)4/h1-3H,4H2,(H2,13,14);1-3H,5H2;1H3,(H,3,4);(H2,1,2,3,4). The molecular formula is C22H18F4N2O9S. The van der Waals surface area contributed by atoms with E-state index in [0.29, 0.717) is 16.7 Å². The first-order valence-electron chi connectivity index (χ1n) is 9.76. The average Bonchev–Trinajstić information content (AvgIpc) is 2.79. The molecule has 5 N–H and O–H groups in total. The molecule has 4 rings (SSSR count). The molecule has 38 heavy (non-hydrogen) atoms. The topological polar surface area (TPSA) is 197 Å². The van der Waals surface area contributed by atoms with Gasteiger partial charge < -0.3 is 20.3 Å². The number of carboxylic acid groups (broad SMARTS) is 1. The molecule has 0 atom stereocenters. The highest BCUT2D eigenvalue weighted by atomic mass is 32.3. The second-order valence-corrected chi connectivity index (χ2v) is 7.86. The maximum absolute atomic E-state index is 12.9. The Balaban J connectivity index is 0.000000291. The number of benzene rings is 2. The number of rotatable bonds is 1. The Bertz CT molecular complexity index is 1420. The fraction of sp³-hybridized carbons (Fsp3) is 0.136. The van der Waals surface area contributed by atoms with Crippen LogP contribution in [-0.2, 0) is 20.0 Å². The summed E-state index contributed by atoms with van der Waals surface area (Å²) in [5.74, 6) is -4.85. The summed E-state index contributed by atoms with van der Waals surface area (Å²) in [6.45, 7) is 1.17. The highest BCUT2D eigenvalue weighted by Gasteiger charge is 2.18. The third-order valence-corrected chi connectivity index (χ3v) is 3.99. The monoisotopic (exact) mass is 562 g/mol. The van der Waals surface area contributed by atoms with Crippen LogP contribution in [0.4, 0.5) is 17.6 Å². The highest BCUT2D eigenvalue weighted by molar-refractivity contribution is 7.79. The number of hydrogen-bond donors (Lipinski definition) is 4. The van der Waals surface area contributed by atoms with E-state index >= 15 is 0 Å². The summed E-state index contributed by atoms with van der Waals surface area (Å²) in [5.41, 5.74) is 6.37. The molecule has 0 spiro atoms. The third kappa shape index (κ3) is 11.1. The smallest absolute Gasteiger partial charge is 0.394 e. The Hall–Kier alpha value is -4.46. The van der Waals surface area contributed by atoms with Gasteiger partial charge in [0.15, 0.2) is 23.3 Å². The molecule has 204 valence electrons. The Labute approximate surface area is 212 Å². The molecule has 2 aromatic carbocycles. The van der Waals surface area contributed by atoms with Crippen LogP contribution in [0.2, 0.25) is 0 Å². The zero-order valence-corrected chi connectivity index (χ0v) is 19.9. The number of hydrogen-bond acceptors (Lipinski definition) is 7. The van der Waals surface area contributed by atoms with Crippen molar-refractivity contribution < 1.29 is 59.3 Å². The zero-order chi connectivity index (χ0) is 29.2. The number of carboxylic acids is 1. The van der Waals surface area contributed by atoms with Gasteiger partial charge in [0.2, 0.25) is 5.91 Å². The van der Waals surface area contributed by atoms with Gasteiger partial charge in [-0.3, -0.25) is 18.7 Å². The number of ether oxygens (including phenoxy) is 2. The summed E-state index contributed by atoms with van der Waals surface area (Å²) in [5, 5.41) is 16.0. The summed E-state index contributed by atoms with van der Waals surface area (Å²) in [4.78, 5) is 19.8.